The highest BCUT2D eigenvalue weighted by Crippen LogP contribution is 2.52. The minimum absolute atomic E-state index is 0.0660. The van der Waals surface area contributed by atoms with Gasteiger partial charge in [-0.1, -0.05) is 74.1 Å². The van der Waals surface area contributed by atoms with Gasteiger partial charge in [0.2, 0.25) is 0 Å². The average molecular weight is 452 g/mol. The van der Waals surface area contributed by atoms with E-state index in [1.165, 1.54) is 21.9 Å². The highest BCUT2D eigenvalue weighted by molar-refractivity contribution is 7.99. The minimum Gasteiger partial charge on any atom is -0.452 e. The largest absolute Gasteiger partial charge is 0.452 e. The molecule has 0 amide bonds. The molecule has 0 bridgehead atoms. The first-order valence-corrected chi connectivity index (χ1v) is 12.2. The highest BCUT2D eigenvalue weighted by Gasteiger charge is 2.41. The molecular weight excluding hydrogens is 426 g/mol. The van der Waals surface area contributed by atoms with Gasteiger partial charge in [0.25, 0.3) is 0 Å². The number of carbonyl (C=O) groups is 1. The van der Waals surface area contributed by atoms with Crippen LogP contribution in [0.15, 0.2) is 98.8 Å². The lowest BCUT2D eigenvalue weighted by Crippen LogP contribution is -2.33. The smallest absolute Gasteiger partial charge is 0.165 e. The molecule has 1 aliphatic heterocycles. The van der Waals surface area contributed by atoms with E-state index in [1.807, 2.05) is 30.3 Å². The summed E-state index contributed by atoms with van der Waals surface area (Å²) >= 11 is 1.59. The summed E-state index contributed by atoms with van der Waals surface area (Å²) in [6.45, 7) is 4.38. The molecule has 0 saturated heterocycles. The second kappa shape index (κ2) is 7.67. The maximum absolute atomic E-state index is 13.5. The summed E-state index contributed by atoms with van der Waals surface area (Å²) < 4.78 is 6.29. The van der Waals surface area contributed by atoms with Gasteiger partial charge in [-0.3, -0.25) is 4.79 Å². The number of furan rings is 1. The molecule has 1 aromatic heterocycles. The maximum Gasteiger partial charge on any atom is 0.165 e. The number of anilines is 1. The first kappa shape index (κ1) is 20.4. The average Bonchev–Trinajstić information content (AvgIpc) is 3.26. The molecule has 1 atom stereocenters. The van der Waals surface area contributed by atoms with E-state index in [1.54, 1.807) is 11.8 Å². The Labute approximate surface area is 197 Å². The summed E-state index contributed by atoms with van der Waals surface area (Å²) in [5.41, 5.74) is 4.20. The third kappa shape index (κ3) is 3.59. The molecule has 3 nitrogen and oxygen atoms in total. The number of benzene rings is 3. The van der Waals surface area contributed by atoms with Crippen molar-refractivity contribution in [2.24, 2.45) is 5.41 Å². The number of fused-ring (bicyclic) bond motifs is 4. The quantitative estimate of drug-likeness (QED) is 0.344. The van der Waals surface area contributed by atoms with Crippen LogP contribution in [0.5, 0.6) is 0 Å². The molecule has 0 spiro atoms. The van der Waals surface area contributed by atoms with Crippen LogP contribution >= 0.6 is 11.8 Å². The standard InChI is InChI=1S/C29H25NO2S/c1-29(2)16-21-26-20-11-7-6-8-18(20)12-13-22(26)30-28(27(21)23(31)17-29)24-14-15-25(32-24)33-19-9-4-3-5-10-19/h3-15,28,30H,16-17H2,1-2H3/t28-/m1/s1. The number of hydrogen-bond acceptors (Lipinski definition) is 4. The molecule has 0 unspecified atom stereocenters. The molecule has 6 rings (SSSR count). The van der Waals surface area contributed by atoms with Crippen molar-refractivity contribution in [3.8, 4) is 0 Å². The van der Waals surface area contributed by atoms with Crippen molar-refractivity contribution >= 4 is 39.6 Å². The third-order valence-corrected chi connectivity index (χ3v) is 7.52. The summed E-state index contributed by atoms with van der Waals surface area (Å²) in [6, 6.07) is 26.7. The molecule has 2 heterocycles. The van der Waals surface area contributed by atoms with Gasteiger partial charge in [0, 0.05) is 28.1 Å². The van der Waals surface area contributed by atoms with E-state index in [4.69, 9.17) is 4.42 Å². The Bertz CT molecular complexity index is 1410. The second-order valence-electron chi connectivity index (χ2n) is 9.69. The van der Waals surface area contributed by atoms with Crippen LogP contribution in [-0.4, -0.2) is 5.78 Å². The van der Waals surface area contributed by atoms with Crippen LogP contribution in [0.4, 0.5) is 5.69 Å². The van der Waals surface area contributed by atoms with Crippen LogP contribution in [0, 0.1) is 5.41 Å². The van der Waals surface area contributed by atoms with Crippen molar-refractivity contribution in [2.45, 2.75) is 42.7 Å². The van der Waals surface area contributed by atoms with Gasteiger partial charge in [0.1, 0.15) is 11.8 Å². The fourth-order valence-electron chi connectivity index (χ4n) is 5.20. The zero-order valence-corrected chi connectivity index (χ0v) is 19.5. The number of hydrogen-bond donors (Lipinski definition) is 1. The van der Waals surface area contributed by atoms with E-state index < -0.39 is 0 Å². The molecule has 4 heteroatoms. The van der Waals surface area contributed by atoms with Gasteiger partial charge in [-0.15, -0.1) is 0 Å². The SMILES string of the molecule is CC1(C)CC(=O)C2=C(C1)c1c(ccc3ccccc13)N[C@@H]2c1ccc(Sc2ccccc2)o1. The zero-order chi connectivity index (χ0) is 22.6. The summed E-state index contributed by atoms with van der Waals surface area (Å²) in [5, 5.41) is 6.87. The zero-order valence-electron chi connectivity index (χ0n) is 18.7. The number of allylic oxidation sites excluding steroid dienone is 1. The van der Waals surface area contributed by atoms with Crippen molar-refractivity contribution in [3.05, 3.63) is 95.8 Å². The molecule has 2 aliphatic rings. The number of carbonyl (C=O) groups excluding carboxylic acids is 1. The van der Waals surface area contributed by atoms with Gasteiger partial charge in [-0.05, 0) is 58.5 Å². The van der Waals surface area contributed by atoms with E-state index in [9.17, 15) is 4.79 Å². The van der Waals surface area contributed by atoms with Crippen molar-refractivity contribution in [2.75, 3.05) is 5.32 Å². The van der Waals surface area contributed by atoms with Crippen LogP contribution in [0.2, 0.25) is 0 Å². The minimum atomic E-state index is -0.276. The second-order valence-corrected chi connectivity index (χ2v) is 10.8. The molecule has 33 heavy (non-hydrogen) atoms. The van der Waals surface area contributed by atoms with Gasteiger partial charge in [-0.25, -0.2) is 0 Å². The van der Waals surface area contributed by atoms with Crippen molar-refractivity contribution in [1.29, 1.82) is 0 Å². The van der Waals surface area contributed by atoms with Crippen LogP contribution in [0.3, 0.4) is 0 Å². The van der Waals surface area contributed by atoms with Crippen LogP contribution in [0.25, 0.3) is 16.3 Å². The molecule has 1 aliphatic carbocycles. The van der Waals surface area contributed by atoms with E-state index >= 15 is 0 Å². The van der Waals surface area contributed by atoms with Gasteiger partial charge in [-0.2, -0.15) is 0 Å². The third-order valence-electron chi connectivity index (χ3n) is 6.59. The number of rotatable bonds is 3. The normalized spacial score (nSPS) is 19.2. The molecule has 0 saturated carbocycles. The maximum atomic E-state index is 13.5. The topological polar surface area (TPSA) is 42.2 Å². The lowest BCUT2D eigenvalue weighted by molar-refractivity contribution is -0.118. The number of Topliss-reactive ketones (excluding diaryl/α,β-unsaturated/α-hetero) is 1. The van der Waals surface area contributed by atoms with E-state index in [0.29, 0.717) is 6.42 Å². The first-order valence-electron chi connectivity index (χ1n) is 11.4. The van der Waals surface area contributed by atoms with E-state index in [0.717, 1.165) is 33.4 Å². The predicted molar refractivity (Wildman–Crippen MR) is 135 cm³/mol. The monoisotopic (exact) mass is 451 g/mol. The summed E-state index contributed by atoms with van der Waals surface area (Å²) in [4.78, 5) is 14.7. The molecule has 0 radical (unpaired) electrons. The Morgan fingerprint density at radius 1 is 0.909 bits per heavy atom. The van der Waals surface area contributed by atoms with E-state index in [2.05, 4.69) is 67.7 Å². The van der Waals surface area contributed by atoms with Crippen molar-refractivity contribution in [3.63, 3.8) is 0 Å². The van der Waals surface area contributed by atoms with Gasteiger partial charge in [0.15, 0.2) is 10.9 Å². The number of ketones is 1. The Hall–Kier alpha value is -3.24. The van der Waals surface area contributed by atoms with Gasteiger partial charge in [0.05, 0.1) is 0 Å². The molecular formula is C29H25NO2S. The number of nitrogens with one attached hydrogen (secondary N) is 1. The van der Waals surface area contributed by atoms with Crippen molar-refractivity contribution in [1.82, 2.24) is 0 Å². The Morgan fingerprint density at radius 2 is 1.70 bits per heavy atom. The van der Waals surface area contributed by atoms with E-state index in [-0.39, 0.29) is 17.2 Å². The van der Waals surface area contributed by atoms with Crippen LogP contribution < -0.4 is 5.32 Å². The first-order chi connectivity index (χ1) is 16.0. The summed E-state index contributed by atoms with van der Waals surface area (Å²) in [5.74, 6) is 0.999. The fraction of sp³-hybridized carbons (Fsp3) is 0.207. The molecule has 3 aromatic carbocycles. The Kier molecular flexibility index (Phi) is 4.73. The lowest BCUT2D eigenvalue weighted by atomic mass is 9.68. The molecule has 0 fully saturated rings. The molecule has 1 N–H and O–H groups in total. The lowest BCUT2D eigenvalue weighted by Gasteiger charge is -2.39. The van der Waals surface area contributed by atoms with Crippen LogP contribution in [-0.2, 0) is 4.79 Å². The Balaban J connectivity index is 1.48. The summed E-state index contributed by atoms with van der Waals surface area (Å²) in [7, 11) is 0. The highest BCUT2D eigenvalue weighted by atomic mass is 32.2. The van der Waals surface area contributed by atoms with Gasteiger partial charge >= 0.3 is 0 Å². The van der Waals surface area contributed by atoms with Crippen molar-refractivity contribution < 1.29 is 9.21 Å². The predicted octanol–water partition coefficient (Wildman–Crippen LogP) is 7.89. The Morgan fingerprint density at radius 3 is 2.55 bits per heavy atom. The summed E-state index contributed by atoms with van der Waals surface area (Å²) in [6.07, 6.45) is 1.43. The molecule has 4 aromatic rings. The van der Waals surface area contributed by atoms with Gasteiger partial charge < -0.3 is 9.73 Å². The molecule has 164 valence electrons. The fourth-order valence-corrected chi connectivity index (χ4v) is 6.00. The van der Waals surface area contributed by atoms with Crippen LogP contribution in [0.1, 0.15) is 44.1 Å².